The number of rotatable bonds is 7. The minimum Gasteiger partial charge on any atom is -0.481 e. The van der Waals surface area contributed by atoms with E-state index < -0.39 is 54.4 Å². The van der Waals surface area contributed by atoms with Gasteiger partial charge in [-0.25, -0.2) is 0 Å². The molecule has 0 bridgehead atoms. The SMILES string of the molecule is CC(C)C(N)C(=O)O.CC(N)C(=O)O.NC(CC(=O)O)C(=O)O.NCC(=O)O. The Hall–Kier alpha value is -2.81. The molecule has 0 spiro atoms. The zero-order chi connectivity index (χ0) is 23.6. The van der Waals surface area contributed by atoms with Crippen LogP contribution in [0.4, 0.5) is 0 Å². The average Bonchev–Trinajstić information content (AvgIpc) is 2.54. The molecule has 13 N–H and O–H groups in total. The van der Waals surface area contributed by atoms with Crippen molar-refractivity contribution in [3.63, 3.8) is 0 Å². The highest BCUT2D eigenvalue weighted by Gasteiger charge is 2.15. The molecule has 0 saturated heterocycles. The lowest BCUT2D eigenvalue weighted by molar-refractivity contribution is -0.144. The van der Waals surface area contributed by atoms with E-state index in [-0.39, 0.29) is 12.5 Å². The summed E-state index contributed by atoms with van der Waals surface area (Å²) in [5, 5.41) is 39.7. The van der Waals surface area contributed by atoms with Crippen LogP contribution in [0.3, 0.4) is 0 Å². The van der Waals surface area contributed by atoms with Crippen LogP contribution in [0.2, 0.25) is 0 Å². The van der Waals surface area contributed by atoms with Crippen molar-refractivity contribution in [2.24, 2.45) is 28.9 Å². The molecular weight excluding hydrogens is 384 g/mol. The maximum absolute atomic E-state index is 10.0. The molecule has 0 amide bonds. The number of carboxylic acid groups (broad SMARTS) is 5. The van der Waals surface area contributed by atoms with Crippen LogP contribution in [0.15, 0.2) is 0 Å². The van der Waals surface area contributed by atoms with E-state index in [1.54, 1.807) is 13.8 Å². The minimum absolute atomic E-state index is 0.0208. The largest absolute Gasteiger partial charge is 0.481 e. The van der Waals surface area contributed by atoms with Crippen molar-refractivity contribution >= 4 is 29.8 Å². The Labute approximate surface area is 161 Å². The number of hydrogen-bond acceptors (Lipinski definition) is 9. The van der Waals surface area contributed by atoms with Gasteiger partial charge in [-0.15, -0.1) is 0 Å². The van der Waals surface area contributed by atoms with E-state index in [2.05, 4.69) is 5.73 Å². The summed E-state index contributed by atoms with van der Waals surface area (Å²) in [6.45, 7) is 4.69. The molecule has 14 nitrogen and oxygen atoms in total. The van der Waals surface area contributed by atoms with Gasteiger partial charge in [-0.05, 0) is 12.8 Å². The van der Waals surface area contributed by atoms with Gasteiger partial charge < -0.3 is 48.5 Å². The van der Waals surface area contributed by atoms with Crippen molar-refractivity contribution in [1.82, 2.24) is 0 Å². The summed E-state index contributed by atoms with van der Waals surface area (Å²) in [6.07, 6.45) is -0.532. The summed E-state index contributed by atoms with van der Waals surface area (Å²) < 4.78 is 0. The molecule has 0 rings (SSSR count). The van der Waals surface area contributed by atoms with Crippen molar-refractivity contribution in [1.29, 1.82) is 0 Å². The maximum Gasteiger partial charge on any atom is 0.321 e. The number of carbonyl (C=O) groups is 5. The molecule has 3 atom stereocenters. The monoisotopic (exact) mass is 414 g/mol. The molecule has 0 aliphatic carbocycles. The van der Waals surface area contributed by atoms with Crippen LogP contribution in [0, 0.1) is 5.92 Å². The van der Waals surface area contributed by atoms with Gasteiger partial charge in [0.05, 0.1) is 13.0 Å². The molecule has 14 heteroatoms. The quantitative estimate of drug-likeness (QED) is 0.206. The van der Waals surface area contributed by atoms with Gasteiger partial charge in [-0.1, -0.05) is 13.8 Å². The van der Waals surface area contributed by atoms with Crippen LogP contribution in [0.25, 0.3) is 0 Å². The fourth-order valence-electron chi connectivity index (χ4n) is 0.561. The standard InChI is InChI=1S/C5H11NO2.C4H7NO4.C3H7NO2.C2H5NO2/c1-3(2)4(6)5(7)8;5-2(4(8)9)1-3(6)7;1-2(4)3(5)6;3-1-2(4)5/h3-4H,6H2,1-2H3,(H,7,8);2H,1,5H2,(H,6,7)(H,8,9);2H,4H2,1H3,(H,5,6);1,3H2,(H,4,5). The second kappa shape index (κ2) is 19.0. The van der Waals surface area contributed by atoms with E-state index in [0.29, 0.717) is 0 Å². The number of aliphatic carboxylic acids is 5. The van der Waals surface area contributed by atoms with Crippen LogP contribution in [-0.2, 0) is 24.0 Å². The first kappa shape index (κ1) is 32.8. The molecule has 3 unspecified atom stereocenters. The first-order chi connectivity index (χ1) is 12.5. The lowest BCUT2D eigenvalue weighted by Gasteiger charge is -2.07. The summed E-state index contributed by atoms with van der Waals surface area (Å²) in [4.78, 5) is 48.5. The van der Waals surface area contributed by atoms with Gasteiger partial charge in [-0.2, -0.15) is 0 Å². The summed E-state index contributed by atoms with van der Waals surface area (Å²) >= 11 is 0. The van der Waals surface area contributed by atoms with Gasteiger partial charge in [0.1, 0.15) is 18.1 Å². The third kappa shape index (κ3) is 31.0. The number of carboxylic acids is 5. The van der Waals surface area contributed by atoms with Crippen molar-refractivity contribution < 1.29 is 49.5 Å². The zero-order valence-electron chi connectivity index (χ0n) is 15.8. The molecule has 0 aliphatic rings. The highest BCUT2D eigenvalue weighted by molar-refractivity contribution is 5.80. The molecule has 0 aromatic carbocycles. The Bertz CT molecular complexity index is 497. The molecule has 0 heterocycles. The Kier molecular flexibility index (Phi) is 22.2. The first-order valence-electron chi connectivity index (χ1n) is 7.59. The molecular formula is C14H30N4O10. The Morgan fingerprint density at radius 3 is 1.07 bits per heavy atom. The van der Waals surface area contributed by atoms with Crippen LogP contribution in [-0.4, -0.2) is 80.0 Å². The second-order valence-electron chi connectivity index (χ2n) is 5.38. The average molecular weight is 414 g/mol. The van der Waals surface area contributed by atoms with Gasteiger partial charge >= 0.3 is 29.8 Å². The van der Waals surface area contributed by atoms with Crippen molar-refractivity contribution in [2.75, 3.05) is 6.54 Å². The van der Waals surface area contributed by atoms with Crippen molar-refractivity contribution in [3.8, 4) is 0 Å². The van der Waals surface area contributed by atoms with Gasteiger partial charge in [0.15, 0.2) is 0 Å². The fraction of sp³-hybridized carbons (Fsp3) is 0.643. The minimum atomic E-state index is -1.29. The van der Waals surface area contributed by atoms with Crippen LogP contribution in [0.5, 0.6) is 0 Å². The Balaban J connectivity index is -0.000000141. The smallest absolute Gasteiger partial charge is 0.321 e. The van der Waals surface area contributed by atoms with Gasteiger partial charge in [0.2, 0.25) is 0 Å². The fourth-order valence-corrected chi connectivity index (χ4v) is 0.561. The summed E-state index contributed by atoms with van der Waals surface area (Å²) in [7, 11) is 0. The van der Waals surface area contributed by atoms with E-state index >= 15 is 0 Å². The van der Waals surface area contributed by atoms with E-state index in [4.69, 9.17) is 42.7 Å². The third-order valence-electron chi connectivity index (χ3n) is 2.28. The summed E-state index contributed by atoms with van der Waals surface area (Å²) in [5.41, 5.74) is 19.4. The van der Waals surface area contributed by atoms with Crippen molar-refractivity contribution in [2.45, 2.75) is 45.3 Å². The third-order valence-corrected chi connectivity index (χ3v) is 2.28. The summed E-state index contributed by atoms with van der Waals surface area (Å²) in [6, 6.07) is -2.73. The van der Waals surface area contributed by atoms with Gasteiger partial charge in [0.25, 0.3) is 0 Å². The van der Waals surface area contributed by atoms with Gasteiger partial charge in [-0.3, -0.25) is 24.0 Å². The van der Waals surface area contributed by atoms with Crippen LogP contribution >= 0.6 is 0 Å². The molecule has 0 aromatic heterocycles. The lowest BCUT2D eigenvalue weighted by Crippen LogP contribution is -2.34. The van der Waals surface area contributed by atoms with E-state index in [9.17, 15) is 24.0 Å². The maximum atomic E-state index is 10.0. The van der Waals surface area contributed by atoms with E-state index in [1.165, 1.54) is 6.92 Å². The normalized spacial score (nSPS) is 12.3. The van der Waals surface area contributed by atoms with E-state index in [0.717, 1.165) is 0 Å². The highest BCUT2D eigenvalue weighted by atomic mass is 16.4. The molecule has 0 radical (unpaired) electrons. The second-order valence-corrected chi connectivity index (χ2v) is 5.38. The predicted octanol–water partition coefficient (Wildman–Crippen LogP) is -2.62. The number of hydrogen-bond donors (Lipinski definition) is 9. The predicted molar refractivity (Wildman–Crippen MR) is 96.3 cm³/mol. The molecule has 0 fully saturated rings. The molecule has 0 aliphatic heterocycles. The first-order valence-corrected chi connectivity index (χ1v) is 7.59. The Morgan fingerprint density at radius 2 is 1.04 bits per heavy atom. The van der Waals surface area contributed by atoms with Gasteiger partial charge in [0, 0.05) is 0 Å². The van der Waals surface area contributed by atoms with Crippen LogP contribution in [0.1, 0.15) is 27.2 Å². The van der Waals surface area contributed by atoms with Crippen LogP contribution < -0.4 is 22.9 Å². The highest BCUT2D eigenvalue weighted by Crippen LogP contribution is 1.96. The number of nitrogens with two attached hydrogens (primary N) is 4. The molecule has 0 saturated carbocycles. The molecule has 0 aromatic rings. The Morgan fingerprint density at radius 1 is 0.714 bits per heavy atom. The topological polar surface area (TPSA) is 291 Å². The molecule has 166 valence electrons. The molecule has 28 heavy (non-hydrogen) atoms. The van der Waals surface area contributed by atoms with Crippen molar-refractivity contribution in [3.05, 3.63) is 0 Å². The van der Waals surface area contributed by atoms with E-state index in [1.807, 2.05) is 0 Å². The zero-order valence-corrected chi connectivity index (χ0v) is 15.8. The summed E-state index contributed by atoms with van der Waals surface area (Å²) in [5.74, 6) is -5.34. The lowest BCUT2D eigenvalue weighted by atomic mass is 10.1.